The van der Waals surface area contributed by atoms with Crippen LogP contribution in [0.5, 0.6) is 0 Å². The fraction of sp³-hybridized carbons (Fsp3) is 0.375. The number of fused-ring (bicyclic) bond motifs is 1. The first kappa shape index (κ1) is 22.8. The summed E-state index contributed by atoms with van der Waals surface area (Å²) in [5, 5.41) is 3.33. The van der Waals surface area contributed by atoms with Gasteiger partial charge in [-0.1, -0.05) is 39.7 Å². The van der Waals surface area contributed by atoms with E-state index in [1.54, 1.807) is 29.2 Å². The second-order valence-electron chi connectivity index (χ2n) is 8.50. The number of carbonyl (C=O) groups excluding carboxylic acids is 3. The predicted molar refractivity (Wildman–Crippen MR) is 129 cm³/mol. The van der Waals surface area contributed by atoms with Crippen LogP contribution in [0.4, 0.5) is 16.2 Å². The second kappa shape index (κ2) is 9.24. The number of benzene rings is 2. The van der Waals surface area contributed by atoms with Crippen molar-refractivity contribution >= 4 is 56.8 Å². The summed E-state index contributed by atoms with van der Waals surface area (Å²) in [4.78, 5) is 42.6. The Hall–Kier alpha value is -2.38. The molecule has 4 amide bonds. The van der Waals surface area contributed by atoms with Crippen molar-refractivity contribution in [3.05, 3.63) is 58.6 Å². The molecular weight excluding hydrogens is 494 g/mol. The molecule has 2 aromatic rings. The van der Waals surface area contributed by atoms with Gasteiger partial charge >= 0.3 is 6.03 Å². The Bertz CT molecular complexity index is 1080. The number of hydrogen-bond acceptors (Lipinski definition) is 3. The number of nitrogens with zero attached hydrogens (tertiary/aromatic N) is 2. The van der Waals surface area contributed by atoms with E-state index in [1.807, 2.05) is 32.0 Å². The van der Waals surface area contributed by atoms with Gasteiger partial charge in [-0.2, -0.15) is 0 Å². The lowest BCUT2D eigenvalue weighted by molar-refractivity contribution is -0.128. The van der Waals surface area contributed by atoms with Crippen LogP contribution in [0.1, 0.15) is 30.4 Å². The van der Waals surface area contributed by atoms with Crippen molar-refractivity contribution in [1.82, 2.24) is 4.90 Å². The molecule has 3 atom stereocenters. The number of anilines is 2. The lowest BCUT2D eigenvalue weighted by Crippen LogP contribution is -2.64. The van der Waals surface area contributed by atoms with E-state index in [2.05, 4.69) is 21.2 Å². The zero-order valence-electron chi connectivity index (χ0n) is 18.0. The van der Waals surface area contributed by atoms with E-state index in [1.165, 1.54) is 4.90 Å². The smallest absolute Gasteiger partial charge is 0.325 e. The summed E-state index contributed by atoms with van der Waals surface area (Å²) in [5.41, 5.74) is 3.32. The normalized spacial score (nSPS) is 23.2. The molecule has 1 N–H and O–H groups in total. The molecule has 1 saturated carbocycles. The molecule has 1 saturated heterocycles. The Morgan fingerprint density at radius 2 is 1.91 bits per heavy atom. The average Bonchev–Trinajstić information content (AvgIpc) is 2.74. The van der Waals surface area contributed by atoms with E-state index in [0.717, 1.165) is 17.5 Å². The first-order valence-corrected chi connectivity index (χ1v) is 12.0. The van der Waals surface area contributed by atoms with E-state index in [0.29, 0.717) is 29.2 Å². The van der Waals surface area contributed by atoms with Crippen LogP contribution >= 0.6 is 27.5 Å². The summed E-state index contributed by atoms with van der Waals surface area (Å²) >= 11 is 9.75. The molecule has 2 aliphatic rings. The van der Waals surface area contributed by atoms with E-state index in [-0.39, 0.29) is 35.1 Å². The highest BCUT2D eigenvalue weighted by molar-refractivity contribution is 9.09. The maximum Gasteiger partial charge on any atom is 0.332 e. The SMILES string of the molecule is Cc1ccc(NC(=O)CN2C(=O)N(c3cccc(Cl)c3)C(=O)C3CC(Br)CCC32)cc1C. The summed E-state index contributed by atoms with van der Waals surface area (Å²) in [5.74, 6) is -0.904. The fourth-order valence-corrected chi connectivity index (χ4v) is 5.34. The predicted octanol–water partition coefficient (Wildman–Crippen LogP) is 5.30. The molecule has 0 aromatic heterocycles. The van der Waals surface area contributed by atoms with Gasteiger partial charge in [0.2, 0.25) is 11.8 Å². The third-order valence-electron chi connectivity index (χ3n) is 6.30. The van der Waals surface area contributed by atoms with E-state index in [4.69, 9.17) is 11.6 Å². The minimum absolute atomic E-state index is 0.121. The Morgan fingerprint density at radius 1 is 1.12 bits per heavy atom. The van der Waals surface area contributed by atoms with Gasteiger partial charge in [0.25, 0.3) is 0 Å². The number of alkyl halides is 1. The largest absolute Gasteiger partial charge is 0.332 e. The Labute approximate surface area is 201 Å². The van der Waals surface area contributed by atoms with Crippen molar-refractivity contribution in [1.29, 1.82) is 0 Å². The van der Waals surface area contributed by atoms with Gasteiger partial charge in [0, 0.05) is 21.6 Å². The first-order valence-electron chi connectivity index (χ1n) is 10.7. The number of amides is 4. The second-order valence-corrected chi connectivity index (χ2v) is 10.2. The number of nitrogens with one attached hydrogen (secondary N) is 1. The molecule has 6 nitrogen and oxygen atoms in total. The van der Waals surface area contributed by atoms with Crippen LogP contribution < -0.4 is 10.2 Å². The van der Waals surface area contributed by atoms with Gasteiger partial charge in [0.15, 0.2) is 0 Å². The molecule has 1 aliphatic heterocycles. The summed E-state index contributed by atoms with van der Waals surface area (Å²) in [6.45, 7) is 3.87. The van der Waals surface area contributed by atoms with Crippen LogP contribution in [0, 0.1) is 19.8 Å². The molecule has 32 heavy (non-hydrogen) atoms. The Kier molecular flexibility index (Phi) is 6.58. The molecule has 0 radical (unpaired) electrons. The van der Waals surface area contributed by atoms with Crippen molar-refractivity contribution in [2.45, 2.75) is 44.0 Å². The Balaban J connectivity index is 1.61. The third-order valence-corrected chi connectivity index (χ3v) is 7.36. The van der Waals surface area contributed by atoms with E-state index in [9.17, 15) is 14.4 Å². The number of rotatable bonds is 4. The van der Waals surface area contributed by atoms with Crippen LogP contribution in [0.3, 0.4) is 0 Å². The Morgan fingerprint density at radius 3 is 2.62 bits per heavy atom. The van der Waals surface area contributed by atoms with Crippen LogP contribution in [-0.4, -0.2) is 40.2 Å². The topological polar surface area (TPSA) is 69.7 Å². The first-order chi connectivity index (χ1) is 15.2. The molecule has 1 heterocycles. The molecule has 2 aromatic carbocycles. The van der Waals surface area contributed by atoms with Gasteiger partial charge in [0.1, 0.15) is 6.54 Å². The maximum atomic E-state index is 13.5. The lowest BCUT2D eigenvalue weighted by Gasteiger charge is -2.47. The standard InChI is InChI=1S/C24H25BrClN3O3/c1-14-6-8-18(10-15(14)2)27-22(30)13-28-21-9-7-16(25)11-20(21)23(31)29(24(28)32)19-5-3-4-17(26)12-19/h3-6,8,10,12,16,20-21H,7,9,11,13H2,1-2H3,(H,27,30). The van der Waals surface area contributed by atoms with Gasteiger partial charge in [-0.05, 0) is 74.6 Å². The van der Waals surface area contributed by atoms with Crippen LogP contribution in [0.25, 0.3) is 0 Å². The number of urea groups is 1. The molecule has 4 rings (SSSR count). The third kappa shape index (κ3) is 4.55. The summed E-state index contributed by atoms with van der Waals surface area (Å²) in [6, 6.07) is 11.6. The monoisotopic (exact) mass is 517 g/mol. The molecule has 0 spiro atoms. The van der Waals surface area contributed by atoms with Crippen molar-refractivity contribution in [3.8, 4) is 0 Å². The van der Waals surface area contributed by atoms with Crippen molar-refractivity contribution < 1.29 is 14.4 Å². The zero-order valence-corrected chi connectivity index (χ0v) is 20.3. The molecule has 8 heteroatoms. The lowest BCUT2D eigenvalue weighted by atomic mass is 9.81. The minimum atomic E-state index is -0.484. The van der Waals surface area contributed by atoms with Crippen molar-refractivity contribution in [2.24, 2.45) is 5.92 Å². The molecule has 1 aliphatic carbocycles. The zero-order chi connectivity index (χ0) is 23.0. The number of carbonyl (C=O) groups is 3. The number of hydrogen-bond donors (Lipinski definition) is 1. The van der Waals surface area contributed by atoms with Gasteiger partial charge in [0.05, 0.1) is 11.6 Å². The van der Waals surface area contributed by atoms with E-state index < -0.39 is 6.03 Å². The quantitative estimate of drug-likeness (QED) is 0.559. The molecule has 2 fully saturated rings. The van der Waals surface area contributed by atoms with Gasteiger partial charge in [-0.25, -0.2) is 9.69 Å². The number of halogens is 2. The highest BCUT2D eigenvalue weighted by Crippen LogP contribution is 2.39. The van der Waals surface area contributed by atoms with Gasteiger partial charge < -0.3 is 10.2 Å². The maximum absolute atomic E-state index is 13.5. The molecule has 0 bridgehead atoms. The van der Waals surface area contributed by atoms with Crippen LogP contribution in [0.2, 0.25) is 5.02 Å². The summed E-state index contributed by atoms with van der Waals surface area (Å²) < 4.78 is 0. The van der Waals surface area contributed by atoms with Gasteiger partial charge in [-0.3, -0.25) is 9.59 Å². The summed E-state index contributed by atoms with van der Waals surface area (Å²) in [6.07, 6.45) is 2.12. The highest BCUT2D eigenvalue weighted by atomic mass is 79.9. The van der Waals surface area contributed by atoms with Crippen LogP contribution in [-0.2, 0) is 9.59 Å². The fourth-order valence-electron chi connectivity index (χ4n) is 4.48. The number of imide groups is 1. The molecule has 168 valence electrons. The minimum Gasteiger partial charge on any atom is -0.325 e. The summed E-state index contributed by atoms with van der Waals surface area (Å²) in [7, 11) is 0. The van der Waals surface area contributed by atoms with Crippen LogP contribution in [0.15, 0.2) is 42.5 Å². The highest BCUT2D eigenvalue weighted by Gasteiger charge is 2.49. The van der Waals surface area contributed by atoms with Crippen molar-refractivity contribution in [3.63, 3.8) is 0 Å². The van der Waals surface area contributed by atoms with E-state index >= 15 is 0 Å². The molecular formula is C24H25BrClN3O3. The van der Waals surface area contributed by atoms with Crippen molar-refractivity contribution in [2.75, 3.05) is 16.8 Å². The molecule has 3 unspecified atom stereocenters. The van der Waals surface area contributed by atoms with Gasteiger partial charge in [-0.15, -0.1) is 0 Å². The average molecular weight is 519 g/mol. The number of aryl methyl sites for hydroxylation is 2.